The van der Waals surface area contributed by atoms with Crippen LogP contribution < -0.4 is 0 Å². The average molecular weight is 161 g/mol. The van der Waals surface area contributed by atoms with Gasteiger partial charge in [-0.25, -0.2) is 4.89 Å². The van der Waals surface area contributed by atoms with Crippen molar-refractivity contribution in [2.45, 2.75) is 20.3 Å². The summed E-state index contributed by atoms with van der Waals surface area (Å²) >= 11 is 0. The van der Waals surface area contributed by atoms with Crippen LogP contribution in [0.5, 0.6) is 0 Å². The molecule has 11 heavy (non-hydrogen) atoms. The van der Waals surface area contributed by atoms with E-state index in [0.29, 0.717) is 5.06 Å². The molecule has 0 aromatic heterocycles. The summed E-state index contributed by atoms with van der Waals surface area (Å²) in [5.41, 5.74) is 0. The summed E-state index contributed by atoms with van der Waals surface area (Å²) in [5.74, 6) is -0.932. The van der Waals surface area contributed by atoms with Crippen molar-refractivity contribution in [3.8, 4) is 0 Å². The molecule has 0 rings (SSSR count). The molecule has 0 unspecified atom stereocenters. The predicted octanol–water partition coefficient (Wildman–Crippen LogP) is 0.264. The zero-order valence-electron chi connectivity index (χ0n) is 6.79. The van der Waals surface area contributed by atoms with Crippen molar-refractivity contribution in [3.63, 3.8) is 0 Å². The Morgan fingerprint density at radius 3 is 2.27 bits per heavy atom. The third-order valence-corrected chi connectivity index (χ3v) is 0.964. The van der Waals surface area contributed by atoms with E-state index in [0.717, 1.165) is 0 Å². The fraction of sp³-hybridized carbons (Fsp3) is 0.667. The molecule has 2 amide bonds. The molecule has 0 radical (unpaired) electrons. The second-order valence-corrected chi connectivity index (χ2v) is 1.80. The van der Waals surface area contributed by atoms with Gasteiger partial charge in [0.1, 0.15) is 0 Å². The Morgan fingerprint density at radius 1 is 1.45 bits per heavy atom. The highest BCUT2D eigenvalue weighted by atomic mass is 17.3. The average Bonchev–Trinajstić information content (AvgIpc) is 1.98. The molecule has 0 saturated carbocycles. The minimum absolute atomic E-state index is 0.197. The van der Waals surface area contributed by atoms with Crippen LogP contribution >= 0.6 is 0 Å². The lowest BCUT2D eigenvalue weighted by molar-refractivity contribution is -0.381. The number of carbonyl (C=O) groups is 2. The van der Waals surface area contributed by atoms with Gasteiger partial charge in [-0.05, 0) is 0 Å². The van der Waals surface area contributed by atoms with E-state index in [9.17, 15) is 9.59 Å². The molecule has 0 aromatic carbocycles. The molecular weight excluding hydrogens is 150 g/mol. The molecule has 0 heterocycles. The lowest BCUT2D eigenvalue weighted by Gasteiger charge is -2.13. The van der Waals surface area contributed by atoms with Crippen LogP contribution in [0.15, 0.2) is 0 Å². The van der Waals surface area contributed by atoms with Crippen molar-refractivity contribution in [2.75, 3.05) is 7.11 Å². The lowest BCUT2D eigenvalue weighted by Crippen LogP contribution is -2.34. The molecule has 5 heteroatoms. The Kier molecular flexibility index (Phi) is 4.40. The van der Waals surface area contributed by atoms with Crippen LogP contribution in [0.3, 0.4) is 0 Å². The molecule has 0 aliphatic rings. The molecule has 0 atom stereocenters. The maximum absolute atomic E-state index is 10.8. The molecule has 0 aliphatic heterocycles. The quantitative estimate of drug-likeness (QED) is 0.440. The van der Waals surface area contributed by atoms with Crippen molar-refractivity contribution < 1.29 is 19.5 Å². The van der Waals surface area contributed by atoms with Crippen LogP contribution in [0.1, 0.15) is 20.3 Å². The normalized spacial score (nSPS) is 9.36. The summed E-state index contributed by atoms with van der Waals surface area (Å²) in [7, 11) is 1.22. The summed E-state index contributed by atoms with van der Waals surface area (Å²) in [6.07, 6.45) is 0.197. The van der Waals surface area contributed by atoms with E-state index in [1.807, 2.05) is 0 Å². The summed E-state index contributed by atoms with van der Waals surface area (Å²) in [4.78, 5) is 29.9. The van der Waals surface area contributed by atoms with Gasteiger partial charge in [0.25, 0.3) is 11.8 Å². The lowest BCUT2D eigenvalue weighted by atomic mass is 10.4. The maximum Gasteiger partial charge on any atom is 0.255 e. The minimum Gasteiger partial charge on any atom is -0.272 e. The van der Waals surface area contributed by atoms with Crippen molar-refractivity contribution in [2.24, 2.45) is 0 Å². The molecule has 0 aliphatic carbocycles. The number of amides is 2. The van der Waals surface area contributed by atoms with E-state index >= 15 is 0 Å². The summed E-state index contributed by atoms with van der Waals surface area (Å²) in [5, 5.41) is 0.569. The maximum atomic E-state index is 10.8. The van der Waals surface area contributed by atoms with Gasteiger partial charge in [-0.15, -0.1) is 10.1 Å². The van der Waals surface area contributed by atoms with E-state index in [-0.39, 0.29) is 6.42 Å². The van der Waals surface area contributed by atoms with Crippen LogP contribution in [-0.2, 0) is 19.5 Å². The van der Waals surface area contributed by atoms with E-state index < -0.39 is 11.8 Å². The number of hydrogen-bond acceptors (Lipinski definition) is 4. The van der Waals surface area contributed by atoms with E-state index in [1.165, 1.54) is 14.0 Å². The molecule has 0 aromatic rings. The molecule has 0 N–H and O–H groups in total. The topological polar surface area (TPSA) is 55.8 Å². The van der Waals surface area contributed by atoms with Gasteiger partial charge in [-0.3, -0.25) is 9.59 Å². The summed E-state index contributed by atoms with van der Waals surface area (Å²) in [6, 6.07) is 0. The second-order valence-electron chi connectivity index (χ2n) is 1.80. The molecule has 0 bridgehead atoms. The van der Waals surface area contributed by atoms with Gasteiger partial charge in [0.15, 0.2) is 0 Å². The highest BCUT2D eigenvalue weighted by Crippen LogP contribution is 1.95. The largest absolute Gasteiger partial charge is 0.272 e. The van der Waals surface area contributed by atoms with Crippen LogP contribution in [-0.4, -0.2) is 24.0 Å². The number of hydroxylamine groups is 2. The van der Waals surface area contributed by atoms with Crippen LogP contribution in [0.2, 0.25) is 0 Å². The second kappa shape index (κ2) is 4.81. The predicted molar refractivity (Wildman–Crippen MR) is 35.9 cm³/mol. The molecule has 5 nitrogen and oxygen atoms in total. The third kappa shape index (κ3) is 3.10. The zero-order chi connectivity index (χ0) is 8.85. The molecule has 0 spiro atoms. The number of hydrogen-bond donors (Lipinski definition) is 0. The van der Waals surface area contributed by atoms with Crippen LogP contribution in [0.4, 0.5) is 0 Å². The molecule has 64 valence electrons. The summed E-state index contributed by atoms with van der Waals surface area (Å²) < 4.78 is 0. The van der Waals surface area contributed by atoms with E-state index in [4.69, 9.17) is 0 Å². The highest BCUT2D eigenvalue weighted by Gasteiger charge is 2.17. The molecule has 0 fully saturated rings. The number of carbonyl (C=O) groups excluding carboxylic acids is 2. The Bertz CT molecular complexity index is 157. The van der Waals surface area contributed by atoms with Gasteiger partial charge in [0, 0.05) is 13.3 Å². The fourth-order valence-corrected chi connectivity index (χ4v) is 0.488. The Balaban J connectivity index is 4.09. The molecular formula is C6H11NO4. The Labute approximate surface area is 64.8 Å². The Hall–Kier alpha value is -0.940. The monoisotopic (exact) mass is 161 g/mol. The van der Waals surface area contributed by atoms with Gasteiger partial charge >= 0.3 is 0 Å². The molecule has 0 saturated heterocycles. The highest BCUT2D eigenvalue weighted by molar-refractivity contribution is 5.92. The number of nitrogens with zero attached hydrogens (tertiary/aromatic N) is 1. The van der Waals surface area contributed by atoms with Gasteiger partial charge in [0.2, 0.25) is 0 Å². The van der Waals surface area contributed by atoms with Crippen molar-refractivity contribution in [3.05, 3.63) is 0 Å². The number of imide groups is 1. The first-order valence-electron chi connectivity index (χ1n) is 3.17. The summed E-state index contributed by atoms with van der Waals surface area (Å²) in [6.45, 7) is 2.84. The zero-order valence-corrected chi connectivity index (χ0v) is 6.79. The van der Waals surface area contributed by atoms with Gasteiger partial charge in [0.05, 0.1) is 7.11 Å². The van der Waals surface area contributed by atoms with E-state index in [2.05, 4.69) is 9.88 Å². The first-order valence-corrected chi connectivity index (χ1v) is 3.17. The van der Waals surface area contributed by atoms with Gasteiger partial charge in [-0.2, -0.15) is 0 Å². The van der Waals surface area contributed by atoms with Crippen molar-refractivity contribution in [1.82, 2.24) is 5.06 Å². The van der Waals surface area contributed by atoms with Gasteiger partial charge < -0.3 is 0 Å². The van der Waals surface area contributed by atoms with Crippen molar-refractivity contribution in [1.29, 1.82) is 0 Å². The van der Waals surface area contributed by atoms with Crippen molar-refractivity contribution >= 4 is 11.8 Å². The van der Waals surface area contributed by atoms with Crippen LogP contribution in [0.25, 0.3) is 0 Å². The SMILES string of the molecule is CCC(=O)N(OOC)C(C)=O. The number of rotatable bonds is 3. The van der Waals surface area contributed by atoms with Gasteiger partial charge in [-0.1, -0.05) is 6.92 Å². The fourth-order valence-electron chi connectivity index (χ4n) is 0.488. The smallest absolute Gasteiger partial charge is 0.255 e. The standard InChI is InChI=1S/C6H11NO4/c1-4-6(9)7(5(2)8)11-10-3/h4H2,1-3H3. The first-order chi connectivity index (χ1) is 5.13. The third-order valence-electron chi connectivity index (χ3n) is 0.964. The van der Waals surface area contributed by atoms with Crippen LogP contribution in [0, 0.1) is 0 Å². The Morgan fingerprint density at radius 2 is 2.00 bits per heavy atom. The van der Waals surface area contributed by atoms with E-state index in [1.54, 1.807) is 6.92 Å². The minimum atomic E-state index is -0.501. The first kappa shape index (κ1) is 10.1.